The van der Waals surface area contributed by atoms with Gasteiger partial charge < -0.3 is 0 Å². The molecule has 1 aliphatic rings. The van der Waals surface area contributed by atoms with E-state index in [4.69, 9.17) is 0 Å². The maximum Gasteiger partial charge on any atom is 0.114 e. The zero-order chi connectivity index (χ0) is 21.1. The van der Waals surface area contributed by atoms with Gasteiger partial charge in [0.15, 0.2) is 0 Å². The Kier molecular flexibility index (Phi) is 4.15. The van der Waals surface area contributed by atoms with E-state index in [1.165, 1.54) is 65.3 Å². The predicted octanol–water partition coefficient (Wildman–Crippen LogP) is 8.39. The Morgan fingerprint density at radius 2 is 1.34 bits per heavy atom. The van der Waals surface area contributed by atoms with E-state index in [1.807, 2.05) is 11.3 Å². The lowest BCUT2D eigenvalue weighted by molar-refractivity contribution is 1.26. The molecule has 3 aromatic carbocycles. The van der Waals surface area contributed by atoms with Crippen molar-refractivity contribution in [2.24, 2.45) is 0 Å². The Morgan fingerprint density at radius 3 is 2.19 bits per heavy atom. The van der Waals surface area contributed by atoms with Crippen molar-refractivity contribution in [3.8, 4) is 42.4 Å². The molecule has 3 aromatic heterocycles. The van der Waals surface area contributed by atoms with Gasteiger partial charge >= 0.3 is 0 Å². The number of thiophene rings is 2. The molecule has 7 rings (SSSR count). The van der Waals surface area contributed by atoms with Crippen LogP contribution in [0.1, 0.15) is 11.1 Å². The average Bonchev–Trinajstić information content (AvgIpc) is 3.63. The highest BCUT2D eigenvalue weighted by Crippen LogP contribution is 2.43. The van der Waals surface area contributed by atoms with Crippen LogP contribution in [0.3, 0.4) is 0 Å². The molecule has 0 spiro atoms. The molecule has 0 saturated heterocycles. The number of hydrogen-bond acceptors (Lipinski definition) is 5. The fourth-order valence-electron chi connectivity index (χ4n) is 4.63. The smallest absolute Gasteiger partial charge is 0.114 e. The van der Waals surface area contributed by atoms with Crippen LogP contribution in [-0.2, 0) is 6.42 Å². The van der Waals surface area contributed by atoms with Gasteiger partial charge in [-0.1, -0.05) is 54.6 Å². The van der Waals surface area contributed by atoms with Crippen LogP contribution < -0.4 is 0 Å². The number of rotatable bonds is 3. The van der Waals surface area contributed by atoms with E-state index in [2.05, 4.69) is 93.0 Å². The number of aromatic nitrogens is 2. The molecule has 32 heavy (non-hydrogen) atoms. The molecular weight excluding hydrogens is 449 g/mol. The molecule has 152 valence electrons. The molecule has 1 aliphatic carbocycles. The van der Waals surface area contributed by atoms with Crippen LogP contribution in [0.5, 0.6) is 0 Å². The average molecular weight is 465 g/mol. The summed E-state index contributed by atoms with van der Waals surface area (Å²) < 4.78 is 9.29. The standard InChI is InChI=1S/C27H16N2S3/c1-2-5-19-16(4-1)14-18-15-17(7-8-20(18)19)23-11-12-25(31-23)22-10-9-21(24-6-3-13-30-24)26-27(22)29-32-28-26/h1-13,15H,14H2. The van der Waals surface area contributed by atoms with Gasteiger partial charge in [-0.25, -0.2) is 0 Å². The van der Waals surface area contributed by atoms with Crippen LogP contribution in [0.2, 0.25) is 0 Å². The van der Waals surface area contributed by atoms with Gasteiger partial charge in [-0.05, 0) is 63.9 Å². The van der Waals surface area contributed by atoms with Crippen LogP contribution in [0.15, 0.2) is 84.2 Å². The number of benzene rings is 3. The third-order valence-corrected chi connectivity index (χ3v) is 8.75. The van der Waals surface area contributed by atoms with Crippen molar-refractivity contribution in [3.05, 3.63) is 95.4 Å². The fraction of sp³-hybridized carbons (Fsp3) is 0.0370. The quantitative estimate of drug-likeness (QED) is 0.262. The highest BCUT2D eigenvalue weighted by Gasteiger charge is 2.19. The minimum absolute atomic E-state index is 0.999. The molecular formula is C27H16N2S3. The first-order chi connectivity index (χ1) is 15.8. The molecule has 0 saturated carbocycles. The monoisotopic (exact) mass is 464 g/mol. The van der Waals surface area contributed by atoms with Crippen molar-refractivity contribution >= 4 is 45.4 Å². The van der Waals surface area contributed by atoms with E-state index < -0.39 is 0 Å². The Morgan fingerprint density at radius 1 is 0.594 bits per heavy atom. The van der Waals surface area contributed by atoms with Gasteiger partial charge in [-0.15, -0.1) is 22.7 Å². The van der Waals surface area contributed by atoms with E-state index >= 15 is 0 Å². The zero-order valence-corrected chi connectivity index (χ0v) is 19.4. The Bertz CT molecular complexity index is 1610. The van der Waals surface area contributed by atoms with Gasteiger partial charge in [0.25, 0.3) is 0 Å². The second-order valence-electron chi connectivity index (χ2n) is 7.97. The van der Waals surface area contributed by atoms with Crippen LogP contribution in [0.25, 0.3) is 53.5 Å². The van der Waals surface area contributed by atoms with Crippen molar-refractivity contribution < 1.29 is 0 Å². The third-order valence-electron chi connectivity index (χ3n) is 6.15. The summed E-state index contributed by atoms with van der Waals surface area (Å²) in [6.07, 6.45) is 1.02. The molecule has 0 fully saturated rings. The van der Waals surface area contributed by atoms with Gasteiger partial charge in [0.05, 0.1) is 11.7 Å². The van der Waals surface area contributed by atoms with E-state index in [-0.39, 0.29) is 0 Å². The summed E-state index contributed by atoms with van der Waals surface area (Å²) in [5.74, 6) is 0. The molecule has 0 bridgehead atoms. The molecule has 0 amide bonds. The summed E-state index contributed by atoms with van der Waals surface area (Å²) in [4.78, 5) is 3.76. The molecule has 5 heteroatoms. The summed E-state index contributed by atoms with van der Waals surface area (Å²) in [5, 5.41) is 2.11. The summed E-state index contributed by atoms with van der Waals surface area (Å²) in [5.41, 5.74) is 11.2. The van der Waals surface area contributed by atoms with Crippen molar-refractivity contribution in [1.29, 1.82) is 0 Å². The molecule has 3 heterocycles. The Labute approximate surface area is 197 Å². The largest absolute Gasteiger partial charge is 0.172 e. The van der Waals surface area contributed by atoms with E-state index in [1.54, 1.807) is 11.3 Å². The molecule has 0 unspecified atom stereocenters. The van der Waals surface area contributed by atoms with Crippen molar-refractivity contribution in [2.45, 2.75) is 6.42 Å². The first-order valence-electron chi connectivity index (χ1n) is 10.5. The molecule has 0 aliphatic heterocycles. The second kappa shape index (κ2) is 7.20. The maximum absolute atomic E-state index is 4.66. The van der Waals surface area contributed by atoms with E-state index in [9.17, 15) is 0 Å². The Hall–Kier alpha value is -3.12. The van der Waals surface area contributed by atoms with Gasteiger partial charge in [-0.3, -0.25) is 0 Å². The first kappa shape index (κ1) is 18.5. The lowest BCUT2D eigenvalue weighted by atomic mass is 10.0. The third kappa shape index (κ3) is 2.82. The van der Waals surface area contributed by atoms with E-state index in [0.29, 0.717) is 0 Å². The lowest BCUT2D eigenvalue weighted by Gasteiger charge is -2.05. The van der Waals surface area contributed by atoms with Crippen LogP contribution in [0.4, 0.5) is 0 Å². The molecule has 0 atom stereocenters. The zero-order valence-electron chi connectivity index (χ0n) is 16.9. The van der Waals surface area contributed by atoms with Gasteiger partial charge in [0, 0.05) is 25.8 Å². The highest BCUT2D eigenvalue weighted by atomic mass is 32.1. The van der Waals surface area contributed by atoms with Crippen molar-refractivity contribution in [1.82, 2.24) is 8.75 Å². The summed E-state index contributed by atoms with van der Waals surface area (Å²) >= 11 is 4.86. The molecule has 6 aromatic rings. The van der Waals surface area contributed by atoms with Gasteiger partial charge in [0.2, 0.25) is 0 Å². The summed E-state index contributed by atoms with van der Waals surface area (Å²) in [6.45, 7) is 0. The van der Waals surface area contributed by atoms with E-state index in [0.717, 1.165) is 17.5 Å². The first-order valence-corrected chi connectivity index (χ1v) is 12.9. The van der Waals surface area contributed by atoms with Crippen LogP contribution in [0, 0.1) is 0 Å². The number of fused-ring (bicyclic) bond motifs is 4. The summed E-state index contributed by atoms with van der Waals surface area (Å²) in [7, 11) is 0. The van der Waals surface area contributed by atoms with Gasteiger partial charge in [-0.2, -0.15) is 8.75 Å². The molecule has 0 radical (unpaired) electrons. The number of nitrogens with zero attached hydrogens (tertiary/aromatic N) is 2. The molecule has 0 N–H and O–H groups in total. The Balaban J connectivity index is 1.28. The van der Waals surface area contributed by atoms with Crippen molar-refractivity contribution in [3.63, 3.8) is 0 Å². The van der Waals surface area contributed by atoms with Gasteiger partial charge in [0.1, 0.15) is 11.0 Å². The molecule has 2 nitrogen and oxygen atoms in total. The SMILES string of the molecule is c1csc(-c2ccc(-c3ccc(-c4ccc5c(c4)Cc4ccccc4-5)s3)c3nsnc23)c1. The normalized spacial score (nSPS) is 12.2. The predicted molar refractivity (Wildman–Crippen MR) is 138 cm³/mol. The minimum Gasteiger partial charge on any atom is -0.172 e. The van der Waals surface area contributed by atoms with Crippen LogP contribution >= 0.6 is 34.4 Å². The lowest BCUT2D eigenvalue weighted by Crippen LogP contribution is -1.82. The second-order valence-corrected chi connectivity index (χ2v) is 10.5. The van der Waals surface area contributed by atoms with Crippen molar-refractivity contribution in [2.75, 3.05) is 0 Å². The fourth-order valence-corrected chi connectivity index (χ4v) is 6.99. The van der Waals surface area contributed by atoms with Crippen LogP contribution in [-0.4, -0.2) is 8.75 Å². The number of hydrogen-bond donors (Lipinski definition) is 0. The maximum atomic E-state index is 4.66. The summed E-state index contributed by atoms with van der Waals surface area (Å²) in [6, 6.07) is 28.7. The minimum atomic E-state index is 0.999. The highest BCUT2D eigenvalue weighted by molar-refractivity contribution is 7.19. The topological polar surface area (TPSA) is 25.8 Å².